The van der Waals surface area contributed by atoms with Gasteiger partial charge in [-0.3, -0.25) is 0 Å². The van der Waals surface area contributed by atoms with Gasteiger partial charge < -0.3 is 20.5 Å². The number of nitrogens with two attached hydrogens (primary N) is 1. The first-order valence-electron chi connectivity index (χ1n) is 5.88. The van der Waals surface area contributed by atoms with Crippen LogP contribution in [0.3, 0.4) is 0 Å². The summed E-state index contributed by atoms with van der Waals surface area (Å²) in [5, 5.41) is 3.15. The zero-order valence-electron chi connectivity index (χ0n) is 10.7. The first-order valence-corrected chi connectivity index (χ1v) is 5.88. The van der Waals surface area contributed by atoms with Gasteiger partial charge in [0.15, 0.2) is 0 Å². The molecule has 0 aliphatic heterocycles. The van der Waals surface area contributed by atoms with Gasteiger partial charge in [-0.25, -0.2) is 9.97 Å². The molecule has 0 atom stereocenters. The SMILES string of the molecule is COc1cc(Nc2ccc(OCCN)cc2)ncn1. The van der Waals surface area contributed by atoms with E-state index in [1.165, 1.54) is 6.33 Å². The van der Waals surface area contributed by atoms with E-state index in [1.54, 1.807) is 13.2 Å². The Balaban J connectivity index is 2.02. The summed E-state index contributed by atoms with van der Waals surface area (Å²) in [4.78, 5) is 8.05. The van der Waals surface area contributed by atoms with E-state index in [0.717, 1.165) is 11.4 Å². The third-order valence-corrected chi connectivity index (χ3v) is 2.36. The van der Waals surface area contributed by atoms with Gasteiger partial charge in [0.1, 0.15) is 24.5 Å². The van der Waals surface area contributed by atoms with Crippen LogP contribution in [0.1, 0.15) is 0 Å². The molecule has 0 radical (unpaired) electrons. The van der Waals surface area contributed by atoms with E-state index < -0.39 is 0 Å². The Bertz CT molecular complexity index is 516. The van der Waals surface area contributed by atoms with Gasteiger partial charge in [-0.05, 0) is 24.3 Å². The predicted molar refractivity (Wildman–Crippen MR) is 72.9 cm³/mol. The second-order valence-corrected chi connectivity index (χ2v) is 3.73. The molecule has 3 N–H and O–H groups in total. The number of aromatic nitrogens is 2. The van der Waals surface area contributed by atoms with Crippen molar-refractivity contribution in [3.63, 3.8) is 0 Å². The lowest BCUT2D eigenvalue weighted by molar-refractivity contribution is 0.328. The van der Waals surface area contributed by atoms with Crippen LogP contribution in [0.25, 0.3) is 0 Å². The number of anilines is 2. The molecular weight excluding hydrogens is 244 g/mol. The van der Waals surface area contributed by atoms with Crippen LogP contribution >= 0.6 is 0 Å². The van der Waals surface area contributed by atoms with Crippen LogP contribution in [0.2, 0.25) is 0 Å². The molecule has 0 fully saturated rings. The van der Waals surface area contributed by atoms with Gasteiger partial charge in [0.05, 0.1) is 7.11 Å². The average Bonchev–Trinajstić information content (AvgIpc) is 2.47. The Morgan fingerprint density at radius 2 is 2.00 bits per heavy atom. The summed E-state index contributed by atoms with van der Waals surface area (Å²) in [6.07, 6.45) is 1.44. The minimum absolute atomic E-state index is 0.501. The highest BCUT2D eigenvalue weighted by molar-refractivity contribution is 5.57. The van der Waals surface area contributed by atoms with Gasteiger partial charge >= 0.3 is 0 Å². The topological polar surface area (TPSA) is 82.3 Å². The molecule has 100 valence electrons. The molecule has 0 aliphatic carbocycles. The van der Waals surface area contributed by atoms with E-state index in [1.807, 2.05) is 24.3 Å². The van der Waals surface area contributed by atoms with E-state index in [0.29, 0.717) is 24.8 Å². The molecule has 19 heavy (non-hydrogen) atoms. The molecule has 0 saturated heterocycles. The third-order valence-electron chi connectivity index (χ3n) is 2.36. The van der Waals surface area contributed by atoms with E-state index >= 15 is 0 Å². The molecule has 2 aromatic rings. The number of benzene rings is 1. The summed E-state index contributed by atoms with van der Waals surface area (Å²) < 4.78 is 10.4. The molecule has 1 aromatic heterocycles. The second-order valence-electron chi connectivity index (χ2n) is 3.73. The molecule has 1 aromatic carbocycles. The highest BCUT2D eigenvalue weighted by Gasteiger charge is 2.00. The van der Waals surface area contributed by atoms with Crippen molar-refractivity contribution in [3.8, 4) is 11.6 Å². The van der Waals surface area contributed by atoms with E-state index in [2.05, 4.69) is 15.3 Å². The summed E-state index contributed by atoms with van der Waals surface area (Å²) in [6, 6.07) is 9.27. The highest BCUT2D eigenvalue weighted by atomic mass is 16.5. The Hall–Kier alpha value is -2.34. The number of hydrogen-bond donors (Lipinski definition) is 2. The lowest BCUT2D eigenvalue weighted by Crippen LogP contribution is -2.10. The fourth-order valence-electron chi connectivity index (χ4n) is 1.48. The minimum Gasteiger partial charge on any atom is -0.492 e. The normalized spacial score (nSPS) is 10.0. The fraction of sp³-hybridized carbons (Fsp3) is 0.231. The van der Waals surface area contributed by atoms with Crippen molar-refractivity contribution in [2.24, 2.45) is 5.73 Å². The molecule has 0 bridgehead atoms. The monoisotopic (exact) mass is 260 g/mol. The van der Waals surface area contributed by atoms with Crippen molar-refractivity contribution in [1.29, 1.82) is 0 Å². The lowest BCUT2D eigenvalue weighted by atomic mass is 10.3. The predicted octanol–water partition coefficient (Wildman–Crippen LogP) is 1.57. The Kier molecular flexibility index (Phi) is 4.52. The van der Waals surface area contributed by atoms with Gasteiger partial charge in [-0.1, -0.05) is 0 Å². The van der Waals surface area contributed by atoms with Crippen LogP contribution < -0.4 is 20.5 Å². The maximum Gasteiger partial charge on any atom is 0.218 e. The van der Waals surface area contributed by atoms with E-state index in [9.17, 15) is 0 Å². The number of hydrogen-bond acceptors (Lipinski definition) is 6. The van der Waals surface area contributed by atoms with Crippen molar-refractivity contribution in [1.82, 2.24) is 9.97 Å². The van der Waals surface area contributed by atoms with Crippen molar-refractivity contribution in [3.05, 3.63) is 36.7 Å². The van der Waals surface area contributed by atoms with E-state index in [-0.39, 0.29) is 0 Å². The van der Waals surface area contributed by atoms with Gasteiger partial charge in [0, 0.05) is 18.3 Å². The zero-order valence-corrected chi connectivity index (χ0v) is 10.7. The zero-order chi connectivity index (χ0) is 13.5. The standard InChI is InChI=1S/C13H16N4O2/c1-18-13-8-12(15-9-16-13)17-10-2-4-11(5-3-10)19-7-6-14/h2-5,8-9H,6-7,14H2,1H3,(H,15,16,17). The summed E-state index contributed by atoms with van der Waals surface area (Å²) in [6.45, 7) is 1.01. The molecular formula is C13H16N4O2. The van der Waals surface area contributed by atoms with Gasteiger partial charge in [0.25, 0.3) is 0 Å². The Morgan fingerprint density at radius 1 is 1.21 bits per heavy atom. The van der Waals surface area contributed by atoms with Gasteiger partial charge in [-0.15, -0.1) is 0 Å². The van der Waals surface area contributed by atoms with Gasteiger partial charge in [-0.2, -0.15) is 0 Å². The Morgan fingerprint density at radius 3 is 2.68 bits per heavy atom. The summed E-state index contributed by atoms with van der Waals surface area (Å²) >= 11 is 0. The largest absolute Gasteiger partial charge is 0.492 e. The van der Waals surface area contributed by atoms with Crippen molar-refractivity contribution >= 4 is 11.5 Å². The number of nitrogens with zero attached hydrogens (tertiary/aromatic N) is 2. The molecule has 6 nitrogen and oxygen atoms in total. The smallest absolute Gasteiger partial charge is 0.218 e. The van der Waals surface area contributed by atoms with Crippen LogP contribution in [0.5, 0.6) is 11.6 Å². The molecule has 0 unspecified atom stereocenters. The molecule has 0 aliphatic rings. The first-order chi connectivity index (χ1) is 9.31. The van der Waals surface area contributed by atoms with Crippen LogP contribution in [0.15, 0.2) is 36.7 Å². The fourth-order valence-corrected chi connectivity index (χ4v) is 1.48. The highest BCUT2D eigenvalue weighted by Crippen LogP contribution is 2.20. The van der Waals surface area contributed by atoms with Crippen molar-refractivity contribution < 1.29 is 9.47 Å². The summed E-state index contributed by atoms with van der Waals surface area (Å²) in [5.41, 5.74) is 6.28. The summed E-state index contributed by atoms with van der Waals surface area (Å²) in [7, 11) is 1.57. The number of rotatable bonds is 6. The maximum atomic E-state index is 5.40. The van der Waals surface area contributed by atoms with Gasteiger partial charge in [0.2, 0.25) is 5.88 Å². The van der Waals surface area contributed by atoms with Crippen LogP contribution in [0.4, 0.5) is 11.5 Å². The lowest BCUT2D eigenvalue weighted by Gasteiger charge is -2.08. The quantitative estimate of drug-likeness (QED) is 0.820. The number of nitrogens with one attached hydrogen (secondary N) is 1. The first kappa shape index (κ1) is 13.1. The second kappa shape index (κ2) is 6.55. The van der Waals surface area contributed by atoms with Crippen LogP contribution in [0, 0.1) is 0 Å². The third kappa shape index (κ3) is 3.82. The molecule has 6 heteroatoms. The average molecular weight is 260 g/mol. The summed E-state index contributed by atoms with van der Waals surface area (Å²) in [5.74, 6) is 1.97. The number of ether oxygens (including phenoxy) is 2. The van der Waals surface area contributed by atoms with Crippen molar-refractivity contribution in [2.75, 3.05) is 25.6 Å². The molecule has 0 amide bonds. The Labute approximate surface area is 111 Å². The molecule has 2 rings (SSSR count). The van der Waals surface area contributed by atoms with Crippen molar-refractivity contribution in [2.45, 2.75) is 0 Å². The maximum absolute atomic E-state index is 5.40. The molecule has 0 saturated carbocycles. The van der Waals surface area contributed by atoms with E-state index in [4.69, 9.17) is 15.2 Å². The minimum atomic E-state index is 0.501. The number of methoxy groups -OCH3 is 1. The molecule has 0 spiro atoms. The van der Waals surface area contributed by atoms with Crippen LogP contribution in [-0.4, -0.2) is 30.2 Å². The van der Waals surface area contributed by atoms with Crippen LogP contribution in [-0.2, 0) is 0 Å². The molecule has 1 heterocycles.